The summed E-state index contributed by atoms with van der Waals surface area (Å²) in [5.74, 6) is 0.798. The number of rotatable bonds is 6. The van der Waals surface area contributed by atoms with E-state index in [4.69, 9.17) is 9.47 Å². The van der Waals surface area contributed by atoms with Crippen molar-refractivity contribution in [3.05, 3.63) is 42.5 Å². The number of nitrogens with zero attached hydrogens (tertiary/aromatic N) is 2. The summed E-state index contributed by atoms with van der Waals surface area (Å²) in [4.78, 5) is 16.1. The summed E-state index contributed by atoms with van der Waals surface area (Å²) in [5.41, 5.74) is -0.359. The zero-order valence-electron chi connectivity index (χ0n) is 17.2. The first kappa shape index (κ1) is 20.0. The molecular weight excluding hydrogens is 368 g/mol. The second kappa shape index (κ2) is 8.20. The van der Waals surface area contributed by atoms with E-state index in [-0.39, 0.29) is 24.3 Å². The molecule has 0 saturated carbocycles. The lowest BCUT2D eigenvalue weighted by Gasteiger charge is -2.38. The summed E-state index contributed by atoms with van der Waals surface area (Å²) in [6, 6.07) is 14.2. The van der Waals surface area contributed by atoms with E-state index >= 15 is 0 Å². The minimum atomic E-state index is -0.568. The highest BCUT2D eigenvalue weighted by Crippen LogP contribution is 2.34. The van der Waals surface area contributed by atoms with Crippen molar-refractivity contribution in [1.29, 1.82) is 0 Å². The summed E-state index contributed by atoms with van der Waals surface area (Å²) in [6.45, 7) is 7.14. The first-order valence-electron chi connectivity index (χ1n) is 10.5. The normalized spacial score (nSPS) is 20.4. The lowest BCUT2D eigenvalue weighted by atomic mass is 9.91. The molecule has 6 nitrogen and oxygen atoms in total. The molecule has 2 fully saturated rings. The Hall–Kier alpha value is -2.31. The third kappa shape index (κ3) is 4.33. The van der Waals surface area contributed by atoms with E-state index < -0.39 is 6.10 Å². The molecule has 0 bridgehead atoms. The number of carbonyl (C=O) groups is 1. The van der Waals surface area contributed by atoms with Crippen molar-refractivity contribution in [3.63, 3.8) is 0 Å². The smallest absolute Gasteiger partial charge is 0.410 e. The number of hydrogen-bond donors (Lipinski definition) is 1. The van der Waals surface area contributed by atoms with Gasteiger partial charge in [0, 0.05) is 43.9 Å². The topological polar surface area (TPSA) is 62.2 Å². The monoisotopic (exact) mass is 398 g/mol. The van der Waals surface area contributed by atoms with Gasteiger partial charge in [-0.3, -0.25) is 0 Å². The molecule has 6 heteroatoms. The molecule has 1 spiro atoms. The fourth-order valence-electron chi connectivity index (χ4n) is 4.31. The summed E-state index contributed by atoms with van der Waals surface area (Å²) in [6.07, 6.45) is 0.843. The average Bonchev–Trinajstić information content (AvgIpc) is 3.04. The van der Waals surface area contributed by atoms with Crippen LogP contribution in [0.5, 0.6) is 5.75 Å². The molecule has 0 aromatic heterocycles. The molecule has 2 aliphatic heterocycles. The SMILES string of the molecule is CC(C)N1CC2(CCN(CC(O)COc3cccc4ccccc34)CC2)OC1=O. The van der Waals surface area contributed by atoms with Gasteiger partial charge in [0.15, 0.2) is 0 Å². The molecule has 156 valence electrons. The lowest BCUT2D eigenvalue weighted by molar-refractivity contribution is -0.0144. The van der Waals surface area contributed by atoms with Crippen molar-refractivity contribution in [3.8, 4) is 5.75 Å². The van der Waals surface area contributed by atoms with Crippen LogP contribution in [0, 0.1) is 0 Å². The first-order valence-corrected chi connectivity index (χ1v) is 10.5. The molecule has 2 aromatic rings. The first-order chi connectivity index (χ1) is 14.0. The Morgan fingerprint density at radius 1 is 1.14 bits per heavy atom. The van der Waals surface area contributed by atoms with Crippen LogP contribution in [0.4, 0.5) is 4.79 Å². The average molecular weight is 399 g/mol. The minimum Gasteiger partial charge on any atom is -0.490 e. The van der Waals surface area contributed by atoms with Gasteiger partial charge < -0.3 is 24.4 Å². The Morgan fingerprint density at radius 2 is 1.86 bits per heavy atom. The van der Waals surface area contributed by atoms with Crippen LogP contribution in [0.3, 0.4) is 0 Å². The van der Waals surface area contributed by atoms with Crippen molar-refractivity contribution >= 4 is 16.9 Å². The van der Waals surface area contributed by atoms with Crippen LogP contribution in [0.2, 0.25) is 0 Å². The standard InChI is InChI=1S/C23H30N2O4/c1-17(2)25-16-23(29-22(25)27)10-12-24(13-11-23)14-19(26)15-28-21-9-5-7-18-6-3-4-8-20(18)21/h3-9,17,19,26H,10-16H2,1-2H3. The van der Waals surface area contributed by atoms with Gasteiger partial charge in [0.2, 0.25) is 0 Å². The molecule has 1 amide bonds. The molecule has 2 heterocycles. The second-order valence-corrected chi connectivity index (χ2v) is 8.52. The Morgan fingerprint density at radius 3 is 2.59 bits per heavy atom. The second-order valence-electron chi connectivity index (χ2n) is 8.52. The van der Waals surface area contributed by atoms with Crippen LogP contribution in [-0.2, 0) is 4.74 Å². The zero-order chi connectivity index (χ0) is 20.4. The molecule has 1 atom stereocenters. The third-order valence-corrected chi connectivity index (χ3v) is 6.04. The maximum Gasteiger partial charge on any atom is 0.410 e. The van der Waals surface area contributed by atoms with Gasteiger partial charge in [-0.05, 0) is 25.3 Å². The fraction of sp³-hybridized carbons (Fsp3) is 0.522. The van der Waals surface area contributed by atoms with Crippen LogP contribution >= 0.6 is 0 Å². The van der Waals surface area contributed by atoms with Crippen LogP contribution in [0.1, 0.15) is 26.7 Å². The number of piperidine rings is 1. The Bertz CT molecular complexity index is 856. The number of likely N-dealkylation sites (tertiary alicyclic amines) is 1. The van der Waals surface area contributed by atoms with E-state index in [2.05, 4.69) is 17.0 Å². The number of amides is 1. The molecule has 2 aliphatic rings. The highest BCUT2D eigenvalue weighted by molar-refractivity contribution is 5.88. The highest BCUT2D eigenvalue weighted by Gasteiger charge is 2.47. The summed E-state index contributed by atoms with van der Waals surface area (Å²) >= 11 is 0. The van der Waals surface area contributed by atoms with E-state index in [1.165, 1.54) is 0 Å². The van der Waals surface area contributed by atoms with E-state index in [0.717, 1.165) is 42.5 Å². The third-order valence-electron chi connectivity index (χ3n) is 6.04. The van der Waals surface area contributed by atoms with Crippen LogP contribution < -0.4 is 4.74 Å². The van der Waals surface area contributed by atoms with Gasteiger partial charge >= 0.3 is 6.09 Å². The van der Waals surface area contributed by atoms with Gasteiger partial charge in [-0.25, -0.2) is 4.79 Å². The van der Waals surface area contributed by atoms with Gasteiger partial charge in [0.25, 0.3) is 0 Å². The van der Waals surface area contributed by atoms with Gasteiger partial charge in [0.1, 0.15) is 24.1 Å². The van der Waals surface area contributed by atoms with Crippen LogP contribution in [0.15, 0.2) is 42.5 Å². The highest BCUT2D eigenvalue weighted by atomic mass is 16.6. The number of β-amino-alcohol motifs (C(OH)–C–C–N with tert-alkyl or cyclic N) is 1. The molecule has 1 N–H and O–H groups in total. The molecular formula is C23H30N2O4. The van der Waals surface area contributed by atoms with Gasteiger partial charge in [-0.15, -0.1) is 0 Å². The Balaban J connectivity index is 1.27. The van der Waals surface area contributed by atoms with Crippen molar-refractivity contribution in [1.82, 2.24) is 9.80 Å². The molecule has 2 aromatic carbocycles. The Labute approximate surface area is 172 Å². The van der Waals surface area contributed by atoms with Crippen molar-refractivity contribution in [2.45, 2.75) is 44.4 Å². The van der Waals surface area contributed by atoms with Crippen LogP contribution in [0.25, 0.3) is 10.8 Å². The number of benzene rings is 2. The number of fused-ring (bicyclic) bond motifs is 1. The summed E-state index contributed by atoms with van der Waals surface area (Å²) in [7, 11) is 0. The minimum absolute atomic E-state index is 0.160. The predicted octanol–water partition coefficient (Wildman–Crippen LogP) is 3.27. The quantitative estimate of drug-likeness (QED) is 0.809. The predicted molar refractivity (Wildman–Crippen MR) is 112 cm³/mol. The lowest BCUT2D eigenvalue weighted by Crippen LogP contribution is -2.49. The number of ether oxygens (including phenoxy) is 2. The number of aliphatic hydroxyl groups is 1. The summed E-state index contributed by atoms with van der Waals surface area (Å²) < 4.78 is 11.7. The maximum atomic E-state index is 12.1. The van der Waals surface area contributed by atoms with E-state index in [1.807, 2.05) is 49.1 Å². The molecule has 29 heavy (non-hydrogen) atoms. The number of aliphatic hydroxyl groups excluding tert-OH is 1. The number of hydrogen-bond acceptors (Lipinski definition) is 5. The maximum absolute atomic E-state index is 12.1. The largest absolute Gasteiger partial charge is 0.490 e. The molecule has 0 aliphatic carbocycles. The van der Waals surface area contributed by atoms with E-state index in [9.17, 15) is 9.90 Å². The summed E-state index contributed by atoms with van der Waals surface area (Å²) in [5, 5.41) is 12.7. The molecule has 1 unspecified atom stereocenters. The van der Waals surface area contributed by atoms with Crippen molar-refractivity contribution in [2.24, 2.45) is 0 Å². The van der Waals surface area contributed by atoms with Crippen molar-refractivity contribution < 1.29 is 19.4 Å². The molecule has 4 rings (SSSR count). The van der Waals surface area contributed by atoms with Gasteiger partial charge in [-0.1, -0.05) is 36.4 Å². The zero-order valence-corrected chi connectivity index (χ0v) is 17.2. The van der Waals surface area contributed by atoms with Gasteiger partial charge in [-0.2, -0.15) is 0 Å². The number of carbonyl (C=O) groups excluding carboxylic acids is 1. The fourth-order valence-corrected chi connectivity index (χ4v) is 4.31. The van der Waals surface area contributed by atoms with Crippen LogP contribution in [-0.4, -0.2) is 71.5 Å². The molecule has 0 radical (unpaired) electrons. The van der Waals surface area contributed by atoms with E-state index in [0.29, 0.717) is 13.1 Å². The Kier molecular flexibility index (Phi) is 5.65. The van der Waals surface area contributed by atoms with E-state index in [1.54, 1.807) is 0 Å². The van der Waals surface area contributed by atoms with Crippen molar-refractivity contribution in [2.75, 3.05) is 32.8 Å². The molecule has 2 saturated heterocycles. The van der Waals surface area contributed by atoms with Gasteiger partial charge in [0.05, 0.1) is 6.54 Å².